The topological polar surface area (TPSA) is 118 Å². The minimum Gasteiger partial charge on any atom is -0.480 e. The van der Waals surface area contributed by atoms with E-state index in [0.717, 1.165) is 6.26 Å². The maximum atomic E-state index is 11.9. The van der Waals surface area contributed by atoms with E-state index in [1.165, 1.54) is 24.3 Å². The van der Waals surface area contributed by atoms with Crippen molar-refractivity contribution < 1.29 is 26.7 Å². The third-order valence-electron chi connectivity index (χ3n) is 2.19. The molecule has 10 heteroatoms. The van der Waals surface area contributed by atoms with Crippen LogP contribution < -0.4 is 4.72 Å². The average molecular weight is 342 g/mol. The first-order valence-electron chi connectivity index (χ1n) is 5.20. The van der Waals surface area contributed by atoms with Crippen LogP contribution in [0.15, 0.2) is 29.2 Å². The maximum Gasteiger partial charge on any atom is 0.322 e. The zero-order valence-corrected chi connectivity index (χ0v) is 12.7. The van der Waals surface area contributed by atoms with Crippen LogP contribution in [-0.2, 0) is 24.7 Å². The van der Waals surface area contributed by atoms with Gasteiger partial charge >= 0.3 is 5.97 Å². The van der Waals surface area contributed by atoms with Gasteiger partial charge in [0.15, 0.2) is 0 Å². The highest BCUT2D eigenvalue weighted by molar-refractivity contribution is 7.91. The summed E-state index contributed by atoms with van der Waals surface area (Å²) >= 11 is 5.62. The van der Waals surface area contributed by atoms with Crippen LogP contribution in [0.1, 0.15) is 0 Å². The summed E-state index contributed by atoms with van der Waals surface area (Å²) in [5.74, 6) is -2.41. The summed E-state index contributed by atoms with van der Waals surface area (Å²) < 4.78 is 47.9. The zero-order valence-electron chi connectivity index (χ0n) is 10.3. The molecule has 1 aromatic carbocycles. The molecule has 112 valence electrons. The van der Waals surface area contributed by atoms with Crippen LogP contribution in [0.25, 0.3) is 0 Å². The Morgan fingerprint density at radius 2 is 1.75 bits per heavy atom. The fraction of sp³-hybridized carbons (Fsp3) is 0.300. The van der Waals surface area contributed by atoms with E-state index in [-0.39, 0.29) is 4.90 Å². The molecule has 0 aliphatic heterocycles. The molecule has 0 fully saturated rings. The molecule has 20 heavy (non-hydrogen) atoms. The molecule has 0 spiro atoms. The summed E-state index contributed by atoms with van der Waals surface area (Å²) in [6.07, 6.45) is 0.819. The number of hydrogen-bond donors (Lipinski definition) is 2. The molecule has 0 bridgehead atoms. The number of aliphatic carboxylic acids is 1. The van der Waals surface area contributed by atoms with E-state index in [0.29, 0.717) is 5.02 Å². The molecule has 1 unspecified atom stereocenters. The first-order chi connectivity index (χ1) is 9.01. The van der Waals surface area contributed by atoms with Gasteiger partial charge in [0, 0.05) is 11.3 Å². The number of nitrogens with one attached hydrogen (secondary N) is 1. The second kappa shape index (κ2) is 6.08. The third kappa shape index (κ3) is 5.08. The van der Waals surface area contributed by atoms with Gasteiger partial charge in [-0.1, -0.05) is 11.6 Å². The molecule has 0 aliphatic carbocycles. The normalized spacial score (nSPS) is 13.9. The van der Waals surface area contributed by atoms with Crippen molar-refractivity contribution in [3.8, 4) is 0 Å². The highest BCUT2D eigenvalue weighted by Crippen LogP contribution is 2.14. The molecule has 0 aromatic heterocycles. The quantitative estimate of drug-likeness (QED) is 0.758. The van der Waals surface area contributed by atoms with E-state index in [9.17, 15) is 21.6 Å². The predicted molar refractivity (Wildman–Crippen MR) is 72.9 cm³/mol. The summed E-state index contributed by atoms with van der Waals surface area (Å²) in [7, 11) is -7.81. The molecule has 0 amide bonds. The van der Waals surface area contributed by atoms with Gasteiger partial charge in [0.1, 0.15) is 15.9 Å². The summed E-state index contributed by atoms with van der Waals surface area (Å²) in [6.45, 7) is 0. The molecular formula is C10H12ClNO6S2. The molecule has 2 N–H and O–H groups in total. The number of halogens is 1. The molecule has 0 saturated carbocycles. The Morgan fingerprint density at radius 1 is 1.25 bits per heavy atom. The second-order valence-electron chi connectivity index (χ2n) is 4.06. The Balaban J connectivity index is 3.03. The Kier molecular flexibility index (Phi) is 5.14. The van der Waals surface area contributed by atoms with Gasteiger partial charge in [0.05, 0.1) is 10.6 Å². The number of carbonyl (C=O) groups is 1. The van der Waals surface area contributed by atoms with Crippen LogP contribution in [0, 0.1) is 0 Å². The summed E-state index contributed by atoms with van der Waals surface area (Å²) in [4.78, 5) is 10.7. The van der Waals surface area contributed by atoms with Crippen molar-refractivity contribution in [2.24, 2.45) is 0 Å². The highest BCUT2D eigenvalue weighted by Gasteiger charge is 2.28. The zero-order chi connectivity index (χ0) is 15.6. The van der Waals surface area contributed by atoms with Gasteiger partial charge < -0.3 is 5.11 Å². The molecule has 7 nitrogen and oxygen atoms in total. The van der Waals surface area contributed by atoms with Gasteiger partial charge in [-0.3, -0.25) is 4.79 Å². The lowest BCUT2D eigenvalue weighted by Crippen LogP contribution is -2.45. The lowest BCUT2D eigenvalue weighted by molar-refractivity contribution is -0.138. The molecular weight excluding hydrogens is 330 g/mol. The van der Waals surface area contributed by atoms with E-state index >= 15 is 0 Å². The summed E-state index contributed by atoms with van der Waals surface area (Å²) in [5.41, 5.74) is 0. The van der Waals surface area contributed by atoms with Crippen molar-refractivity contribution >= 4 is 37.4 Å². The largest absolute Gasteiger partial charge is 0.480 e. The minimum atomic E-state index is -4.15. The monoisotopic (exact) mass is 341 g/mol. The summed E-state index contributed by atoms with van der Waals surface area (Å²) in [5, 5.41) is 9.19. The van der Waals surface area contributed by atoms with Gasteiger partial charge in [-0.25, -0.2) is 16.8 Å². The van der Waals surface area contributed by atoms with E-state index in [4.69, 9.17) is 16.7 Å². The number of carboxylic acids is 1. The molecule has 0 heterocycles. The molecule has 1 rings (SSSR count). The number of hydrogen-bond acceptors (Lipinski definition) is 5. The molecule has 0 saturated heterocycles. The van der Waals surface area contributed by atoms with Crippen molar-refractivity contribution in [1.29, 1.82) is 0 Å². The average Bonchev–Trinajstić information content (AvgIpc) is 2.26. The molecule has 1 aromatic rings. The number of benzene rings is 1. The van der Waals surface area contributed by atoms with Crippen LogP contribution >= 0.6 is 11.6 Å². The molecule has 1 atom stereocenters. The van der Waals surface area contributed by atoms with Crippen LogP contribution in [0.4, 0.5) is 0 Å². The van der Waals surface area contributed by atoms with Crippen molar-refractivity contribution in [3.63, 3.8) is 0 Å². The molecule has 0 aliphatic rings. The Bertz CT molecular complexity index is 696. The van der Waals surface area contributed by atoms with Gasteiger partial charge in [0.25, 0.3) is 0 Å². The number of sulfonamides is 1. The number of rotatable bonds is 6. The van der Waals surface area contributed by atoms with Gasteiger partial charge in [0.2, 0.25) is 10.0 Å². The SMILES string of the molecule is CS(=O)(=O)CC(NS(=O)(=O)c1ccc(Cl)cc1)C(=O)O. The summed E-state index contributed by atoms with van der Waals surface area (Å²) in [6, 6.07) is 3.25. The number of sulfone groups is 1. The highest BCUT2D eigenvalue weighted by atomic mass is 35.5. The smallest absolute Gasteiger partial charge is 0.322 e. The van der Waals surface area contributed by atoms with Crippen LogP contribution in [0.2, 0.25) is 5.02 Å². The van der Waals surface area contributed by atoms with Crippen molar-refractivity contribution in [3.05, 3.63) is 29.3 Å². The maximum absolute atomic E-state index is 11.9. The fourth-order valence-electron chi connectivity index (χ4n) is 1.33. The first-order valence-corrected chi connectivity index (χ1v) is 9.12. The number of carboxylic acid groups (broad SMARTS) is 1. The van der Waals surface area contributed by atoms with Crippen LogP contribution in [0.3, 0.4) is 0 Å². The third-order valence-corrected chi connectivity index (χ3v) is 4.87. The van der Waals surface area contributed by atoms with Crippen LogP contribution in [0.5, 0.6) is 0 Å². The second-order valence-corrected chi connectivity index (χ2v) is 8.39. The first kappa shape index (κ1) is 16.9. The van der Waals surface area contributed by atoms with E-state index in [2.05, 4.69) is 0 Å². The van der Waals surface area contributed by atoms with E-state index in [1.807, 2.05) is 4.72 Å². The van der Waals surface area contributed by atoms with Crippen molar-refractivity contribution in [2.45, 2.75) is 10.9 Å². The van der Waals surface area contributed by atoms with Gasteiger partial charge in [-0.05, 0) is 24.3 Å². The van der Waals surface area contributed by atoms with E-state index < -0.39 is 37.6 Å². The van der Waals surface area contributed by atoms with Crippen LogP contribution in [-0.4, -0.2) is 46.0 Å². The Hall–Kier alpha value is -1.16. The van der Waals surface area contributed by atoms with Crippen molar-refractivity contribution in [1.82, 2.24) is 4.72 Å². The van der Waals surface area contributed by atoms with Gasteiger partial charge in [-0.2, -0.15) is 4.72 Å². The van der Waals surface area contributed by atoms with E-state index in [1.54, 1.807) is 0 Å². The molecule has 0 radical (unpaired) electrons. The lowest BCUT2D eigenvalue weighted by atomic mass is 10.4. The van der Waals surface area contributed by atoms with Crippen molar-refractivity contribution in [2.75, 3.05) is 12.0 Å². The Labute approximate surface area is 121 Å². The van der Waals surface area contributed by atoms with Gasteiger partial charge in [-0.15, -0.1) is 0 Å². The lowest BCUT2D eigenvalue weighted by Gasteiger charge is -2.13. The predicted octanol–water partition coefficient (Wildman–Crippen LogP) is 0.116. The Morgan fingerprint density at radius 3 is 2.15 bits per heavy atom. The standard InChI is InChI=1S/C10H12ClNO6S2/c1-19(15,16)6-9(10(13)14)12-20(17,18)8-4-2-7(11)3-5-8/h2-5,9,12H,6H2,1H3,(H,13,14). The minimum absolute atomic E-state index is 0.207. The fourth-order valence-corrected chi connectivity index (χ4v) is 3.58.